The highest BCUT2D eigenvalue weighted by Gasteiger charge is 2.14. The number of benzene rings is 1. The molecule has 0 heterocycles. The Kier molecular flexibility index (Phi) is 4.55. The van der Waals surface area contributed by atoms with Crippen molar-refractivity contribution in [1.82, 2.24) is 0 Å². The zero-order valence-electron chi connectivity index (χ0n) is 9.30. The third kappa shape index (κ3) is 2.85. The summed E-state index contributed by atoms with van der Waals surface area (Å²) in [5, 5.41) is 0. The molecule has 0 radical (unpaired) electrons. The van der Waals surface area contributed by atoms with Gasteiger partial charge in [0.2, 0.25) is 0 Å². The highest BCUT2D eigenvalue weighted by molar-refractivity contribution is 5.51. The molecule has 16 heavy (non-hydrogen) atoms. The Morgan fingerprint density at radius 1 is 1.38 bits per heavy atom. The van der Waals surface area contributed by atoms with E-state index in [1.54, 1.807) is 6.92 Å². The molecule has 0 aromatic heterocycles. The molecule has 1 unspecified atom stereocenters. The van der Waals surface area contributed by atoms with Crippen molar-refractivity contribution < 1.29 is 18.3 Å². The second-order valence-electron chi connectivity index (χ2n) is 3.70. The van der Waals surface area contributed by atoms with Crippen molar-refractivity contribution in [1.29, 1.82) is 0 Å². The van der Waals surface area contributed by atoms with Gasteiger partial charge in [0, 0.05) is 19.1 Å². The lowest BCUT2D eigenvalue weighted by molar-refractivity contribution is -0.108. The van der Waals surface area contributed by atoms with Gasteiger partial charge in [0.15, 0.2) is 0 Å². The lowest BCUT2D eigenvalue weighted by Crippen LogP contribution is -2.03. The van der Waals surface area contributed by atoms with E-state index < -0.39 is 11.6 Å². The van der Waals surface area contributed by atoms with Crippen molar-refractivity contribution in [2.24, 2.45) is 0 Å². The maximum absolute atomic E-state index is 13.6. The van der Waals surface area contributed by atoms with Gasteiger partial charge in [-0.3, -0.25) is 0 Å². The maximum atomic E-state index is 13.6. The van der Waals surface area contributed by atoms with Crippen LogP contribution in [0.5, 0.6) is 0 Å². The molecule has 0 spiro atoms. The van der Waals surface area contributed by atoms with Crippen LogP contribution < -0.4 is 0 Å². The molecule has 2 nitrogen and oxygen atoms in total. The van der Waals surface area contributed by atoms with Crippen LogP contribution in [0.3, 0.4) is 0 Å². The molecule has 4 heteroatoms. The van der Waals surface area contributed by atoms with Crippen molar-refractivity contribution in [3.05, 3.63) is 34.9 Å². The van der Waals surface area contributed by atoms with Crippen LogP contribution in [0.4, 0.5) is 8.78 Å². The van der Waals surface area contributed by atoms with Crippen LogP contribution in [0.25, 0.3) is 0 Å². The topological polar surface area (TPSA) is 26.3 Å². The normalized spacial score (nSPS) is 12.5. The van der Waals surface area contributed by atoms with Gasteiger partial charge in [0.05, 0.1) is 6.61 Å². The van der Waals surface area contributed by atoms with E-state index in [0.717, 1.165) is 12.1 Å². The molecule has 1 aromatic rings. The van der Waals surface area contributed by atoms with Crippen molar-refractivity contribution in [3.8, 4) is 0 Å². The van der Waals surface area contributed by atoms with Crippen molar-refractivity contribution in [3.63, 3.8) is 0 Å². The number of ether oxygens (including phenoxy) is 1. The summed E-state index contributed by atoms with van der Waals surface area (Å²) in [6.45, 7) is 1.72. The first-order valence-corrected chi connectivity index (χ1v) is 5.00. The molecule has 0 aliphatic rings. The molecule has 0 fully saturated rings. The number of carbonyl (C=O) groups is 1. The van der Waals surface area contributed by atoms with E-state index in [-0.39, 0.29) is 30.1 Å². The first-order chi connectivity index (χ1) is 7.60. The summed E-state index contributed by atoms with van der Waals surface area (Å²) >= 11 is 0. The Balaban J connectivity index is 3.04. The standard InChI is InChI=1S/C12H14F2O2/c1-8(3-4-15)10-6-11(13)9(7-16-2)5-12(10)14/h4-6,8H,3,7H2,1-2H3. The number of aldehydes is 1. The number of hydrogen-bond donors (Lipinski definition) is 0. The Hall–Kier alpha value is -1.29. The SMILES string of the molecule is COCc1cc(F)c(C(C)CC=O)cc1F. The molecule has 0 aliphatic carbocycles. The van der Waals surface area contributed by atoms with E-state index in [4.69, 9.17) is 4.74 Å². The fourth-order valence-electron chi connectivity index (χ4n) is 1.52. The zero-order chi connectivity index (χ0) is 12.1. The molecule has 1 rings (SSSR count). The molecule has 1 atom stereocenters. The van der Waals surface area contributed by atoms with Crippen molar-refractivity contribution >= 4 is 6.29 Å². The Bertz CT molecular complexity index is 378. The average molecular weight is 228 g/mol. The molecule has 0 amide bonds. The van der Waals surface area contributed by atoms with Crippen molar-refractivity contribution in [2.45, 2.75) is 25.9 Å². The highest BCUT2D eigenvalue weighted by Crippen LogP contribution is 2.24. The number of hydrogen-bond acceptors (Lipinski definition) is 2. The molecule has 0 aliphatic heterocycles. The van der Waals surface area contributed by atoms with Crippen LogP contribution in [0.2, 0.25) is 0 Å². The van der Waals surface area contributed by atoms with Gasteiger partial charge in [0.1, 0.15) is 17.9 Å². The van der Waals surface area contributed by atoms with Gasteiger partial charge in [-0.05, 0) is 23.6 Å². The zero-order valence-corrected chi connectivity index (χ0v) is 9.30. The Morgan fingerprint density at radius 3 is 2.62 bits per heavy atom. The summed E-state index contributed by atoms with van der Waals surface area (Å²) in [5.41, 5.74) is 0.409. The lowest BCUT2D eigenvalue weighted by atomic mass is 9.96. The number of methoxy groups -OCH3 is 1. The van der Waals surface area contributed by atoms with E-state index in [2.05, 4.69) is 0 Å². The Morgan fingerprint density at radius 2 is 2.06 bits per heavy atom. The van der Waals surface area contributed by atoms with Crippen LogP contribution in [-0.4, -0.2) is 13.4 Å². The molecule has 1 aromatic carbocycles. The molecular weight excluding hydrogens is 214 g/mol. The van der Waals surface area contributed by atoms with E-state index in [9.17, 15) is 13.6 Å². The highest BCUT2D eigenvalue weighted by atomic mass is 19.1. The van der Waals surface area contributed by atoms with E-state index in [0.29, 0.717) is 6.29 Å². The second kappa shape index (κ2) is 5.70. The molecule has 0 saturated heterocycles. The van der Waals surface area contributed by atoms with Gasteiger partial charge >= 0.3 is 0 Å². The summed E-state index contributed by atoms with van der Waals surface area (Å²) < 4.78 is 31.8. The predicted octanol–water partition coefficient (Wildman–Crippen LogP) is 2.80. The lowest BCUT2D eigenvalue weighted by Gasteiger charge is -2.11. The predicted molar refractivity (Wildman–Crippen MR) is 56.2 cm³/mol. The number of carbonyl (C=O) groups excluding carboxylic acids is 1. The number of halogens is 2. The van der Waals surface area contributed by atoms with Crippen LogP contribution in [0.1, 0.15) is 30.4 Å². The molecule has 0 saturated carbocycles. The summed E-state index contributed by atoms with van der Waals surface area (Å²) in [6.07, 6.45) is 0.880. The summed E-state index contributed by atoms with van der Waals surface area (Å²) in [7, 11) is 1.42. The summed E-state index contributed by atoms with van der Waals surface area (Å²) in [4.78, 5) is 10.3. The minimum atomic E-state index is -0.504. The van der Waals surface area contributed by atoms with Gasteiger partial charge in [-0.1, -0.05) is 6.92 Å². The van der Waals surface area contributed by atoms with Gasteiger partial charge in [-0.2, -0.15) is 0 Å². The van der Waals surface area contributed by atoms with Gasteiger partial charge < -0.3 is 9.53 Å². The fraction of sp³-hybridized carbons (Fsp3) is 0.417. The average Bonchev–Trinajstić information content (AvgIpc) is 2.23. The monoisotopic (exact) mass is 228 g/mol. The van der Waals surface area contributed by atoms with E-state index in [1.807, 2.05) is 0 Å². The van der Waals surface area contributed by atoms with Crippen molar-refractivity contribution in [2.75, 3.05) is 7.11 Å². The smallest absolute Gasteiger partial charge is 0.129 e. The van der Waals surface area contributed by atoms with E-state index in [1.165, 1.54) is 7.11 Å². The third-order valence-electron chi connectivity index (χ3n) is 2.45. The third-order valence-corrected chi connectivity index (χ3v) is 2.45. The largest absolute Gasteiger partial charge is 0.380 e. The molecule has 0 bridgehead atoms. The first-order valence-electron chi connectivity index (χ1n) is 5.00. The first kappa shape index (κ1) is 12.8. The molecular formula is C12H14F2O2. The van der Waals surface area contributed by atoms with Crippen LogP contribution in [0, 0.1) is 11.6 Å². The van der Waals surface area contributed by atoms with Gasteiger partial charge in [0.25, 0.3) is 0 Å². The molecule has 88 valence electrons. The second-order valence-corrected chi connectivity index (χ2v) is 3.70. The minimum absolute atomic E-state index is 0.0328. The van der Waals surface area contributed by atoms with E-state index >= 15 is 0 Å². The Labute approximate surface area is 93.2 Å². The maximum Gasteiger partial charge on any atom is 0.129 e. The van der Waals surface area contributed by atoms with Crippen LogP contribution in [-0.2, 0) is 16.1 Å². The fourth-order valence-corrected chi connectivity index (χ4v) is 1.52. The minimum Gasteiger partial charge on any atom is -0.380 e. The van der Waals surface area contributed by atoms with Gasteiger partial charge in [-0.25, -0.2) is 8.78 Å². The summed E-state index contributed by atoms with van der Waals surface area (Å²) in [6, 6.07) is 2.26. The number of rotatable bonds is 5. The molecule has 0 N–H and O–H groups in total. The quantitative estimate of drug-likeness (QED) is 0.724. The van der Waals surface area contributed by atoms with Gasteiger partial charge in [-0.15, -0.1) is 0 Å². The van der Waals surface area contributed by atoms with Crippen LogP contribution >= 0.6 is 0 Å². The summed E-state index contributed by atoms with van der Waals surface area (Å²) in [5.74, 6) is -1.32. The van der Waals surface area contributed by atoms with Crippen LogP contribution in [0.15, 0.2) is 12.1 Å².